The molecule has 2 aliphatic heterocycles. The van der Waals surface area contributed by atoms with Gasteiger partial charge < -0.3 is 5.32 Å². The lowest BCUT2D eigenvalue weighted by Crippen LogP contribution is -2.70. The zero-order valence-electron chi connectivity index (χ0n) is 10.6. The fourth-order valence-electron chi connectivity index (χ4n) is 2.61. The third-order valence-electron chi connectivity index (χ3n) is 4.05. The molecule has 0 aliphatic carbocycles. The molecular formula is C11H20N2O3S. The molecule has 0 aromatic rings. The molecule has 1 atom stereocenters. The Morgan fingerprint density at radius 2 is 1.88 bits per heavy atom. The summed E-state index contributed by atoms with van der Waals surface area (Å²) in [6.07, 6.45) is 1.86. The lowest BCUT2D eigenvalue weighted by Gasteiger charge is -2.48. The summed E-state index contributed by atoms with van der Waals surface area (Å²) in [6.45, 7) is 6.62. The highest BCUT2D eigenvalue weighted by Gasteiger charge is 2.62. The van der Waals surface area contributed by atoms with Crippen molar-refractivity contribution >= 4 is 15.9 Å². The van der Waals surface area contributed by atoms with Gasteiger partial charge in [0, 0.05) is 6.04 Å². The number of nitrogens with zero attached hydrogens (tertiary/aromatic N) is 1. The summed E-state index contributed by atoms with van der Waals surface area (Å²) in [5, 5.41) is 3.24. The number of carbonyl (C=O) groups excluding carboxylic acids is 1. The Bertz CT molecular complexity index is 424. The van der Waals surface area contributed by atoms with Crippen LogP contribution in [0.1, 0.15) is 33.6 Å². The standard InChI is InChI=1S/C11H20N2O3S/c1-8(9-4-6-12-7-5-9)13-10(14)11(2,3)17(13,15)16/h8-9,12H,4-7H2,1-3H3. The fourth-order valence-corrected chi connectivity index (χ4v) is 4.35. The van der Waals surface area contributed by atoms with Gasteiger partial charge in [-0.15, -0.1) is 0 Å². The van der Waals surface area contributed by atoms with E-state index in [-0.39, 0.29) is 17.9 Å². The monoisotopic (exact) mass is 260 g/mol. The van der Waals surface area contributed by atoms with E-state index in [4.69, 9.17) is 0 Å². The van der Waals surface area contributed by atoms with E-state index in [0.29, 0.717) is 0 Å². The molecule has 6 heteroatoms. The van der Waals surface area contributed by atoms with Gasteiger partial charge in [-0.05, 0) is 52.6 Å². The van der Waals surface area contributed by atoms with E-state index in [9.17, 15) is 13.2 Å². The van der Waals surface area contributed by atoms with Gasteiger partial charge in [0.2, 0.25) is 0 Å². The summed E-state index contributed by atoms with van der Waals surface area (Å²) in [7, 11) is -3.43. The second-order valence-electron chi connectivity index (χ2n) is 5.44. The topological polar surface area (TPSA) is 66.5 Å². The minimum atomic E-state index is -3.43. The predicted molar refractivity (Wildman–Crippen MR) is 64.9 cm³/mol. The molecule has 0 aromatic heterocycles. The first-order chi connectivity index (χ1) is 7.80. The maximum absolute atomic E-state index is 12.1. The number of carbonyl (C=O) groups is 1. The molecule has 2 rings (SSSR count). The number of rotatable bonds is 2. The Morgan fingerprint density at radius 3 is 2.35 bits per heavy atom. The van der Waals surface area contributed by atoms with Crippen LogP contribution in [0.3, 0.4) is 0 Å². The van der Waals surface area contributed by atoms with E-state index in [0.717, 1.165) is 30.2 Å². The Morgan fingerprint density at radius 1 is 1.35 bits per heavy atom. The second-order valence-corrected chi connectivity index (χ2v) is 7.81. The molecule has 0 radical (unpaired) electrons. The number of amides is 1. The molecule has 2 saturated heterocycles. The van der Waals surface area contributed by atoms with Crippen molar-refractivity contribution in [3.05, 3.63) is 0 Å². The Labute approximate surface area is 103 Å². The highest BCUT2D eigenvalue weighted by Crippen LogP contribution is 2.39. The van der Waals surface area contributed by atoms with E-state index in [1.807, 2.05) is 6.92 Å². The van der Waals surface area contributed by atoms with Crippen LogP contribution in [0.15, 0.2) is 0 Å². The number of sulfonamides is 1. The van der Waals surface area contributed by atoms with Crippen LogP contribution >= 0.6 is 0 Å². The van der Waals surface area contributed by atoms with Crippen molar-refractivity contribution in [3.63, 3.8) is 0 Å². The molecule has 1 N–H and O–H groups in total. The van der Waals surface area contributed by atoms with Crippen molar-refractivity contribution in [2.24, 2.45) is 5.92 Å². The van der Waals surface area contributed by atoms with Crippen LogP contribution < -0.4 is 5.32 Å². The summed E-state index contributed by atoms with van der Waals surface area (Å²) >= 11 is 0. The van der Waals surface area contributed by atoms with Crippen molar-refractivity contribution in [2.75, 3.05) is 13.1 Å². The normalized spacial score (nSPS) is 29.8. The molecule has 1 amide bonds. The van der Waals surface area contributed by atoms with E-state index in [1.165, 1.54) is 13.8 Å². The number of nitrogens with one attached hydrogen (secondary N) is 1. The van der Waals surface area contributed by atoms with Crippen molar-refractivity contribution in [1.29, 1.82) is 0 Å². The van der Waals surface area contributed by atoms with Crippen molar-refractivity contribution in [2.45, 2.75) is 44.4 Å². The highest BCUT2D eigenvalue weighted by atomic mass is 32.2. The molecule has 2 aliphatic rings. The summed E-state index contributed by atoms with van der Waals surface area (Å²) in [6, 6.07) is -0.206. The van der Waals surface area contributed by atoms with Gasteiger partial charge in [0.1, 0.15) is 0 Å². The van der Waals surface area contributed by atoms with Crippen LogP contribution in [-0.4, -0.2) is 42.5 Å². The Kier molecular flexibility index (Phi) is 2.98. The van der Waals surface area contributed by atoms with Crippen molar-refractivity contribution < 1.29 is 13.2 Å². The van der Waals surface area contributed by atoms with E-state index >= 15 is 0 Å². The molecule has 0 spiro atoms. The molecule has 0 bridgehead atoms. The van der Waals surface area contributed by atoms with E-state index in [2.05, 4.69) is 5.32 Å². The molecule has 0 saturated carbocycles. The largest absolute Gasteiger partial charge is 0.317 e. The van der Waals surface area contributed by atoms with Gasteiger partial charge in [-0.25, -0.2) is 12.7 Å². The van der Waals surface area contributed by atoms with E-state index in [1.54, 1.807) is 0 Å². The van der Waals surface area contributed by atoms with Crippen LogP contribution in [0.4, 0.5) is 0 Å². The molecule has 2 fully saturated rings. The molecule has 1 unspecified atom stereocenters. The molecule has 5 nitrogen and oxygen atoms in total. The molecular weight excluding hydrogens is 240 g/mol. The minimum Gasteiger partial charge on any atom is -0.317 e. The minimum absolute atomic E-state index is 0.206. The number of piperidine rings is 1. The van der Waals surface area contributed by atoms with Gasteiger partial charge in [0.05, 0.1) is 0 Å². The SMILES string of the molecule is CC(C1CCNCC1)N1C(=O)C(C)(C)S1(=O)=O. The molecule has 17 heavy (non-hydrogen) atoms. The molecule has 0 aromatic carbocycles. The Balaban J connectivity index is 2.16. The number of hydrogen-bond acceptors (Lipinski definition) is 4. The van der Waals surface area contributed by atoms with Gasteiger partial charge in [0.15, 0.2) is 4.75 Å². The highest BCUT2D eigenvalue weighted by molar-refractivity contribution is 7.94. The first kappa shape index (κ1) is 12.8. The quantitative estimate of drug-likeness (QED) is 0.777. The zero-order chi connectivity index (χ0) is 12.8. The third-order valence-corrected chi connectivity index (χ3v) is 6.54. The maximum atomic E-state index is 12.1. The molecule has 98 valence electrons. The number of hydrogen-bond donors (Lipinski definition) is 1. The van der Waals surface area contributed by atoms with Crippen molar-refractivity contribution in [3.8, 4) is 0 Å². The first-order valence-electron chi connectivity index (χ1n) is 6.09. The van der Waals surface area contributed by atoms with Gasteiger partial charge in [-0.2, -0.15) is 0 Å². The van der Waals surface area contributed by atoms with Gasteiger partial charge >= 0.3 is 0 Å². The summed E-state index contributed by atoms with van der Waals surface area (Å²) in [5.74, 6) is 0.0228. The van der Waals surface area contributed by atoms with Crippen LogP contribution in [0.25, 0.3) is 0 Å². The maximum Gasteiger partial charge on any atom is 0.259 e. The van der Waals surface area contributed by atoms with Crippen LogP contribution in [0, 0.1) is 5.92 Å². The van der Waals surface area contributed by atoms with Gasteiger partial charge in [0.25, 0.3) is 15.9 Å². The Hall–Kier alpha value is -0.620. The lowest BCUT2D eigenvalue weighted by molar-refractivity contribution is -0.134. The summed E-state index contributed by atoms with van der Waals surface area (Å²) in [4.78, 5) is 11.9. The lowest BCUT2D eigenvalue weighted by atomic mass is 9.91. The zero-order valence-corrected chi connectivity index (χ0v) is 11.4. The second kappa shape index (κ2) is 3.95. The van der Waals surface area contributed by atoms with Crippen LogP contribution in [0.5, 0.6) is 0 Å². The van der Waals surface area contributed by atoms with Crippen LogP contribution in [0.2, 0.25) is 0 Å². The molecule has 2 heterocycles. The van der Waals surface area contributed by atoms with Gasteiger partial charge in [-0.1, -0.05) is 0 Å². The first-order valence-corrected chi connectivity index (χ1v) is 7.53. The third kappa shape index (κ3) is 1.69. The van der Waals surface area contributed by atoms with E-state index < -0.39 is 14.8 Å². The fraction of sp³-hybridized carbons (Fsp3) is 0.909. The van der Waals surface area contributed by atoms with Crippen molar-refractivity contribution in [1.82, 2.24) is 9.62 Å². The summed E-state index contributed by atoms with van der Waals surface area (Å²) < 4.78 is 24.0. The average Bonchev–Trinajstić information content (AvgIpc) is 2.29. The smallest absolute Gasteiger partial charge is 0.259 e. The average molecular weight is 260 g/mol. The summed E-state index contributed by atoms with van der Waals surface area (Å²) in [5.41, 5.74) is 0. The van der Waals surface area contributed by atoms with Gasteiger partial charge in [-0.3, -0.25) is 4.79 Å². The van der Waals surface area contributed by atoms with Crippen LogP contribution in [-0.2, 0) is 14.8 Å². The predicted octanol–water partition coefficient (Wildman–Crippen LogP) is 0.325.